The van der Waals surface area contributed by atoms with Gasteiger partial charge in [0.1, 0.15) is 23.3 Å². The maximum Gasteiger partial charge on any atom is 0.255 e. The molecular weight excluding hydrogens is 428 g/mol. The van der Waals surface area contributed by atoms with Gasteiger partial charge in [0.15, 0.2) is 0 Å². The molecule has 32 heavy (non-hydrogen) atoms. The van der Waals surface area contributed by atoms with Gasteiger partial charge in [0, 0.05) is 25.7 Å². The van der Waals surface area contributed by atoms with E-state index in [1.165, 1.54) is 16.8 Å². The quantitative estimate of drug-likeness (QED) is 0.528. The molecule has 5 heterocycles. The summed E-state index contributed by atoms with van der Waals surface area (Å²) in [5.41, 5.74) is 1.28. The molecule has 2 aliphatic rings. The van der Waals surface area contributed by atoms with Crippen molar-refractivity contribution in [3.8, 4) is 0 Å². The first-order chi connectivity index (χ1) is 15.7. The number of pyridine rings is 1. The molecule has 1 unspecified atom stereocenters. The van der Waals surface area contributed by atoms with E-state index in [0.29, 0.717) is 34.2 Å². The molecule has 0 bridgehead atoms. The van der Waals surface area contributed by atoms with E-state index in [1.807, 2.05) is 17.0 Å². The monoisotopic (exact) mass is 450 g/mol. The first kappa shape index (κ1) is 20.6. The van der Waals surface area contributed by atoms with Crippen molar-refractivity contribution in [2.45, 2.75) is 30.3 Å². The number of aromatic nitrogens is 1. The molecule has 2 amide bonds. The highest BCUT2D eigenvalue weighted by Crippen LogP contribution is 2.34. The molecule has 0 saturated carbocycles. The largest absolute Gasteiger partial charge is 0.467 e. The fraction of sp³-hybridized carbons (Fsp3) is 0.304. The number of hydrogen-bond acceptors (Lipinski definition) is 7. The Labute approximate surface area is 189 Å². The molecule has 0 N–H and O–H groups in total. The summed E-state index contributed by atoms with van der Waals surface area (Å²) < 4.78 is 11.0. The van der Waals surface area contributed by atoms with Crippen LogP contribution >= 0.6 is 11.8 Å². The van der Waals surface area contributed by atoms with Gasteiger partial charge in [0.25, 0.3) is 11.8 Å². The highest BCUT2D eigenvalue weighted by atomic mass is 32.2. The number of likely N-dealkylation sites (tertiary alicyclic amines) is 1. The average molecular weight is 451 g/mol. The van der Waals surface area contributed by atoms with Crippen LogP contribution in [0.5, 0.6) is 0 Å². The molecule has 8 nitrogen and oxygen atoms in total. The van der Waals surface area contributed by atoms with Crippen molar-refractivity contribution in [2.75, 3.05) is 18.8 Å². The van der Waals surface area contributed by atoms with Crippen molar-refractivity contribution >= 4 is 29.3 Å². The number of hydrazone groups is 1. The van der Waals surface area contributed by atoms with Crippen molar-refractivity contribution in [3.63, 3.8) is 0 Å². The van der Waals surface area contributed by atoms with Gasteiger partial charge in [-0.15, -0.1) is 0 Å². The third-order valence-electron chi connectivity index (χ3n) is 5.56. The molecule has 164 valence electrons. The van der Waals surface area contributed by atoms with Gasteiger partial charge < -0.3 is 13.7 Å². The van der Waals surface area contributed by atoms with E-state index >= 15 is 0 Å². The molecule has 2 aliphatic heterocycles. The molecule has 9 heteroatoms. The van der Waals surface area contributed by atoms with Crippen molar-refractivity contribution in [2.24, 2.45) is 5.10 Å². The summed E-state index contributed by atoms with van der Waals surface area (Å²) in [5, 5.41) is 6.67. The molecule has 1 saturated heterocycles. The molecule has 0 spiro atoms. The highest BCUT2D eigenvalue weighted by molar-refractivity contribution is 7.99. The minimum atomic E-state index is -0.313. The van der Waals surface area contributed by atoms with Crippen LogP contribution in [0, 0.1) is 0 Å². The van der Waals surface area contributed by atoms with E-state index in [-0.39, 0.29) is 23.6 Å². The fourth-order valence-electron chi connectivity index (χ4n) is 3.93. The zero-order valence-electron chi connectivity index (χ0n) is 17.3. The summed E-state index contributed by atoms with van der Waals surface area (Å²) >= 11 is 1.32. The van der Waals surface area contributed by atoms with E-state index in [4.69, 9.17) is 8.83 Å². The number of rotatable bonds is 6. The van der Waals surface area contributed by atoms with Crippen LogP contribution in [-0.4, -0.2) is 51.3 Å². The van der Waals surface area contributed by atoms with Gasteiger partial charge in [-0.1, -0.05) is 11.8 Å². The molecule has 5 rings (SSSR count). The molecule has 3 aromatic heterocycles. The summed E-state index contributed by atoms with van der Waals surface area (Å²) in [7, 11) is 0. The third kappa shape index (κ3) is 4.20. The van der Waals surface area contributed by atoms with E-state index in [0.717, 1.165) is 25.9 Å². The van der Waals surface area contributed by atoms with Crippen molar-refractivity contribution < 1.29 is 18.4 Å². The lowest BCUT2D eigenvalue weighted by Crippen LogP contribution is -2.28. The van der Waals surface area contributed by atoms with Gasteiger partial charge in [-0.2, -0.15) is 5.10 Å². The fourth-order valence-corrected chi connectivity index (χ4v) is 4.63. The molecule has 0 aliphatic carbocycles. The number of amides is 2. The van der Waals surface area contributed by atoms with E-state index < -0.39 is 0 Å². The summed E-state index contributed by atoms with van der Waals surface area (Å²) in [6, 6.07) is 10.5. The maximum atomic E-state index is 13.0. The Morgan fingerprint density at radius 1 is 1.06 bits per heavy atom. The predicted octanol–water partition coefficient (Wildman–Crippen LogP) is 3.97. The van der Waals surface area contributed by atoms with Crippen LogP contribution in [0.25, 0.3) is 0 Å². The Balaban J connectivity index is 1.25. The van der Waals surface area contributed by atoms with Gasteiger partial charge in [0.2, 0.25) is 0 Å². The highest BCUT2D eigenvalue weighted by Gasteiger charge is 2.35. The minimum Gasteiger partial charge on any atom is -0.467 e. The zero-order chi connectivity index (χ0) is 21.9. The van der Waals surface area contributed by atoms with Gasteiger partial charge >= 0.3 is 0 Å². The Bertz CT molecular complexity index is 1100. The van der Waals surface area contributed by atoms with Gasteiger partial charge in [-0.25, -0.2) is 9.99 Å². The Morgan fingerprint density at radius 2 is 1.88 bits per heavy atom. The number of nitrogens with zero attached hydrogens (tertiary/aromatic N) is 4. The SMILES string of the molecule is O=C(c1ccc(SCC(=O)N2N=C(c3ccco3)CC2c2ccco2)nc1)N1CCCC1. The second-order valence-electron chi connectivity index (χ2n) is 7.67. The summed E-state index contributed by atoms with van der Waals surface area (Å²) in [5.74, 6) is 1.34. The first-order valence-corrected chi connectivity index (χ1v) is 11.5. The number of carbonyl (C=O) groups is 2. The number of thioether (sulfide) groups is 1. The van der Waals surface area contributed by atoms with Crippen molar-refractivity contribution in [3.05, 3.63) is 72.2 Å². The lowest BCUT2D eigenvalue weighted by Gasteiger charge is -2.19. The second kappa shape index (κ2) is 9.04. The minimum absolute atomic E-state index is 0.0146. The third-order valence-corrected chi connectivity index (χ3v) is 6.49. The molecule has 1 atom stereocenters. The van der Waals surface area contributed by atoms with Crippen LogP contribution in [0.3, 0.4) is 0 Å². The van der Waals surface area contributed by atoms with Crippen molar-refractivity contribution in [1.29, 1.82) is 0 Å². The molecule has 0 radical (unpaired) electrons. The van der Waals surface area contributed by atoms with Crippen LogP contribution in [0.2, 0.25) is 0 Å². The van der Waals surface area contributed by atoms with Crippen LogP contribution in [0.15, 0.2) is 74.1 Å². The van der Waals surface area contributed by atoms with Crippen molar-refractivity contribution in [1.82, 2.24) is 14.9 Å². The van der Waals surface area contributed by atoms with E-state index in [1.54, 1.807) is 43.0 Å². The van der Waals surface area contributed by atoms with Gasteiger partial charge in [-0.3, -0.25) is 9.59 Å². The summed E-state index contributed by atoms with van der Waals surface area (Å²) in [6.45, 7) is 1.61. The second-order valence-corrected chi connectivity index (χ2v) is 8.67. The standard InChI is InChI=1S/C23H22N4O4S/c28-22(15-32-21-8-7-16(14-24-21)23(29)26-9-1-2-10-26)27-18(20-6-4-12-31-20)13-17(25-27)19-5-3-11-30-19/h3-8,11-12,14,18H,1-2,9-10,13,15H2. The van der Waals surface area contributed by atoms with Gasteiger partial charge in [-0.05, 0) is 49.2 Å². The van der Waals surface area contributed by atoms with Gasteiger partial charge in [0.05, 0.1) is 28.9 Å². The number of hydrogen-bond donors (Lipinski definition) is 0. The van der Waals surface area contributed by atoms with Crippen LogP contribution in [0.4, 0.5) is 0 Å². The molecule has 0 aromatic carbocycles. The molecule has 1 fully saturated rings. The Kier molecular flexibility index (Phi) is 5.81. The normalized spacial score (nSPS) is 18.2. The summed E-state index contributed by atoms with van der Waals surface area (Å²) in [4.78, 5) is 31.7. The maximum absolute atomic E-state index is 13.0. The number of furan rings is 2. The average Bonchev–Trinajstić information content (AvgIpc) is 3.63. The smallest absolute Gasteiger partial charge is 0.255 e. The Hall–Kier alpha value is -3.33. The van der Waals surface area contributed by atoms with E-state index in [2.05, 4.69) is 10.1 Å². The first-order valence-electron chi connectivity index (χ1n) is 10.5. The van der Waals surface area contributed by atoms with Crippen LogP contribution < -0.4 is 0 Å². The molecule has 3 aromatic rings. The van der Waals surface area contributed by atoms with Crippen LogP contribution in [-0.2, 0) is 4.79 Å². The lowest BCUT2D eigenvalue weighted by atomic mass is 10.1. The summed E-state index contributed by atoms with van der Waals surface area (Å²) in [6.07, 6.45) is 7.38. The topological polar surface area (TPSA) is 92.2 Å². The number of carbonyl (C=O) groups excluding carboxylic acids is 2. The Morgan fingerprint density at radius 3 is 2.56 bits per heavy atom. The zero-order valence-corrected chi connectivity index (χ0v) is 18.2. The lowest BCUT2D eigenvalue weighted by molar-refractivity contribution is -0.130. The predicted molar refractivity (Wildman–Crippen MR) is 118 cm³/mol. The van der Waals surface area contributed by atoms with E-state index in [9.17, 15) is 9.59 Å². The van der Waals surface area contributed by atoms with Crippen LogP contribution in [0.1, 0.15) is 47.2 Å². The molecular formula is C23H22N4O4S.